The lowest BCUT2D eigenvalue weighted by Crippen LogP contribution is -2.40. The Hall–Kier alpha value is -2.84. The van der Waals surface area contributed by atoms with Gasteiger partial charge in [-0.1, -0.05) is 13.3 Å². The summed E-state index contributed by atoms with van der Waals surface area (Å²) in [6.07, 6.45) is 3.04. The molecule has 1 aliphatic rings. The first kappa shape index (κ1) is 19.9. The van der Waals surface area contributed by atoms with Gasteiger partial charge in [-0.2, -0.15) is 0 Å². The van der Waals surface area contributed by atoms with Crippen LogP contribution in [0.1, 0.15) is 48.8 Å². The first-order valence-electron chi connectivity index (χ1n) is 9.55. The number of esters is 1. The smallest absolute Gasteiger partial charge is 0.309 e. The second-order valence-electron chi connectivity index (χ2n) is 6.85. The van der Waals surface area contributed by atoms with Crippen molar-refractivity contribution in [2.45, 2.75) is 45.8 Å². The number of unbranched alkanes of at least 4 members (excludes halogenated alkanes) is 1. The number of hydrogen-bond acceptors (Lipinski definition) is 6. The molecule has 1 aliphatic heterocycles. The van der Waals surface area contributed by atoms with Gasteiger partial charge in [0.05, 0.1) is 5.92 Å². The van der Waals surface area contributed by atoms with Gasteiger partial charge in [0.2, 0.25) is 0 Å². The summed E-state index contributed by atoms with van der Waals surface area (Å²) in [7, 11) is 0. The van der Waals surface area contributed by atoms with Crippen LogP contribution in [-0.2, 0) is 22.7 Å². The molecule has 1 fully saturated rings. The Morgan fingerprint density at radius 2 is 1.93 bits per heavy atom. The first-order chi connectivity index (χ1) is 13.6. The number of aromatic nitrogens is 4. The molecule has 0 spiro atoms. The number of benzene rings is 1. The summed E-state index contributed by atoms with van der Waals surface area (Å²) in [5.74, 6) is -0.539. The van der Waals surface area contributed by atoms with Gasteiger partial charge < -0.3 is 9.64 Å². The van der Waals surface area contributed by atoms with Crippen molar-refractivity contribution in [2.75, 3.05) is 13.1 Å². The number of nitrogens with zero attached hydrogens (tertiary/aromatic N) is 5. The highest BCUT2D eigenvalue weighted by molar-refractivity contribution is 5.94. The number of carbonyl (C=O) groups excluding carboxylic acids is 2. The number of rotatable bonds is 7. The molecule has 1 amide bonds. The third-order valence-electron chi connectivity index (χ3n) is 4.88. The third-order valence-corrected chi connectivity index (χ3v) is 4.88. The molecule has 0 saturated carbocycles. The predicted octanol–water partition coefficient (Wildman–Crippen LogP) is 2.21. The van der Waals surface area contributed by atoms with Crippen LogP contribution >= 0.6 is 0 Å². The molecular weight excluding hydrogens is 365 g/mol. The lowest BCUT2D eigenvalue weighted by Gasteiger charge is -2.31. The quantitative estimate of drug-likeness (QED) is 0.675. The molecule has 8 nitrogen and oxygen atoms in total. The van der Waals surface area contributed by atoms with Crippen molar-refractivity contribution < 1.29 is 18.7 Å². The summed E-state index contributed by atoms with van der Waals surface area (Å²) in [5.41, 5.74) is 0.446. The molecule has 3 rings (SSSR count). The van der Waals surface area contributed by atoms with E-state index in [9.17, 15) is 14.0 Å². The Morgan fingerprint density at radius 1 is 1.21 bits per heavy atom. The van der Waals surface area contributed by atoms with Gasteiger partial charge in [-0.3, -0.25) is 9.59 Å². The highest BCUT2D eigenvalue weighted by atomic mass is 19.1. The van der Waals surface area contributed by atoms with Crippen LogP contribution in [0.25, 0.3) is 0 Å². The fourth-order valence-corrected chi connectivity index (χ4v) is 3.16. The van der Waals surface area contributed by atoms with E-state index in [0.29, 0.717) is 43.9 Å². The maximum atomic E-state index is 13.0. The molecule has 0 aliphatic carbocycles. The molecule has 0 N–H and O–H groups in total. The molecule has 0 atom stereocenters. The van der Waals surface area contributed by atoms with E-state index in [-0.39, 0.29) is 30.2 Å². The number of amides is 1. The van der Waals surface area contributed by atoms with Gasteiger partial charge >= 0.3 is 5.97 Å². The van der Waals surface area contributed by atoms with Crippen LogP contribution in [0.4, 0.5) is 4.39 Å². The van der Waals surface area contributed by atoms with E-state index in [0.717, 1.165) is 12.8 Å². The standard InChI is InChI=1S/C19H24FN5O3/c1-2-3-10-25-17(21-22-23-25)13-28-19(27)15-8-11-24(12-9-15)18(26)14-4-6-16(20)7-5-14/h4-7,15H,2-3,8-13H2,1H3. The van der Waals surface area contributed by atoms with Crippen molar-refractivity contribution in [3.05, 3.63) is 41.5 Å². The first-order valence-corrected chi connectivity index (χ1v) is 9.55. The summed E-state index contributed by atoms with van der Waals surface area (Å²) in [6, 6.07) is 5.48. The minimum atomic E-state index is -0.376. The Labute approximate surface area is 162 Å². The maximum Gasteiger partial charge on any atom is 0.309 e. The van der Waals surface area contributed by atoms with Crippen molar-refractivity contribution >= 4 is 11.9 Å². The Kier molecular flexibility index (Phi) is 6.67. The zero-order valence-electron chi connectivity index (χ0n) is 15.9. The number of tetrazole rings is 1. The Bertz CT molecular complexity index is 800. The SMILES string of the molecule is CCCCn1nnnc1COC(=O)C1CCN(C(=O)c2ccc(F)cc2)CC1. The molecule has 1 saturated heterocycles. The Morgan fingerprint density at radius 3 is 2.61 bits per heavy atom. The minimum absolute atomic E-state index is 0.0459. The van der Waals surface area contributed by atoms with E-state index in [2.05, 4.69) is 22.4 Å². The fourth-order valence-electron chi connectivity index (χ4n) is 3.16. The maximum absolute atomic E-state index is 13.0. The number of likely N-dealkylation sites (tertiary alicyclic amines) is 1. The zero-order chi connectivity index (χ0) is 19.9. The summed E-state index contributed by atoms with van der Waals surface area (Å²) < 4.78 is 20.0. The fraction of sp³-hybridized carbons (Fsp3) is 0.526. The number of halogens is 1. The van der Waals surface area contributed by atoms with Gasteiger partial charge in [0.15, 0.2) is 12.4 Å². The number of ether oxygens (including phenoxy) is 1. The van der Waals surface area contributed by atoms with Crippen LogP contribution in [0.3, 0.4) is 0 Å². The van der Waals surface area contributed by atoms with Gasteiger partial charge in [-0.15, -0.1) is 5.10 Å². The molecule has 28 heavy (non-hydrogen) atoms. The van der Waals surface area contributed by atoms with E-state index in [1.54, 1.807) is 9.58 Å². The highest BCUT2D eigenvalue weighted by Crippen LogP contribution is 2.21. The zero-order valence-corrected chi connectivity index (χ0v) is 15.9. The predicted molar refractivity (Wildman–Crippen MR) is 97.5 cm³/mol. The molecule has 0 bridgehead atoms. The van der Waals surface area contributed by atoms with Crippen LogP contribution in [0.5, 0.6) is 0 Å². The molecule has 0 unspecified atom stereocenters. The van der Waals surface area contributed by atoms with Gasteiger partial charge in [0, 0.05) is 25.2 Å². The van der Waals surface area contributed by atoms with Gasteiger partial charge in [0.1, 0.15) is 5.82 Å². The number of carbonyl (C=O) groups is 2. The molecule has 1 aromatic carbocycles. The van der Waals surface area contributed by atoms with Crippen molar-refractivity contribution in [3.63, 3.8) is 0 Å². The van der Waals surface area contributed by atoms with Crippen molar-refractivity contribution in [1.29, 1.82) is 0 Å². The van der Waals surface area contributed by atoms with E-state index in [1.165, 1.54) is 24.3 Å². The van der Waals surface area contributed by atoms with Crippen molar-refractivity contribution in [3.8, 4) is 0 Å². The summed E-state index contributed by atoms with van der Waals surface area (Å²) in [6.45, 7) is 3.75. The summed E-state index contributed by atoms with van der Waals surface area (Å²) >= 11 is 0. The van der Waals surface area contributed by atoms with E-state index >= 15 is 0 Å². The van der Waals surface area contributed by atoms with Crippen LogP contribution in [-0.4, -0.2) is 50.1 Å². The molecular formula is C19H24FN5O3. The topological polar surface area (TPSA) is 90.2 Å². The van der Waals surface area contributed by atoms with Crippen LogP contribution in [0, 0.1) is 11.7 Å². The largest absolute Gasteiger partial charge is 0.457 e. The average Bonchev–Trinajstić information content (AvgIpc) is 3.18. The Balaban J connectivity index is 1.47. The second kappa shape index (κ2) is 9.38. The number of hydrogen-bond donors (Lipinski definition) is 0. The van der Waals surface area contributed by atoms with Crippen LogP contribution < -0.4 is 0 Å². The lowest BCUT2D eigenvalue weighted by atomic mass is 9.96. The molecule has 2 aromatic rings. The molecule has 1 aromatic heterocycles. The monoisotopic (exact) mass is 389 g/mol. The van der Waals surface area contributed by atoms with Crippen molar-refractivity contribution in [2.24, 2.45) is 5.92 Å². The second-order valence-corrected chi connectivity index (χ2v) is 6.85. The molecule has 150 valence electrons. The van der Waals surface area contributed by atoms with E-state index < -0.39 is 0 Å². The van der Waals surface area contributed by atoms with Gasteiger partial charge in [0.25, 0.3) is 5.91 Å². The van der Waals surface area contributed by atoms with Crippen molar-refractivity contribution in [1.82, 2.24) is 25.1 Å². The third kappa shape index (κ3) is 4.90. The van der Waals surface area contributed by atoms with Crippen LogP contribution in [0.2, 0.25) is 0 Å². The number of piperidine rings is 1. The van der Waals surface area contributed by atoms with E-state index in [4.69, 9.17) is 4.74 Å². The lowest BCUT2D eigenvalue weighted by molar-refractivity contribution is -0.151. The van der Waals surface area contributed by atoms with E-state index in [1.807, 2.05) is 0 Å². The molecule has 9 heteroatoms. The average molecular weight is 389 g/mol. The normalized spacial score (nSPS) is 14.9. The van der Waals surface area contributed by atoms with Gasteiger partial charge in [-0.05, 0) is 54.0 Å². The minimum Gasteiger partial charge on any atom is -0.457 e. The van der Waals surface area contributed by atoms with Crippen LogP contribution in [0.15, 0.2) is 24.3 Å². The van der Waals surface area contributed by atoms with Gasteiger partial charge in [-0.25, -0.2) is 9.07 Å². The molecule has 2 heterocycles. The number of aryl methyl sites for hydroxylation is 1. The molecule has 0 radical (unpaired) electrons. The highest BCUT2D eigenvalue weighted by Gasteiger charge is 2.29. The summed E-state index contributed by atoms with van der Waals surface area (Å²) in [5, 5.41) is 11.4. The summed E-state index contributed by atoms with van der Waals surface area (Å²) in [4.78, 5) is 26.5.